The lowest BCUT2D eigenvalue weighted by atomic mass is 9.93. The predicted molar refractivity (Wildman–Crippen MR) is 63.0 cm³/mol. The molecule has 0 radical (unpaired) electrons. The van der Waals surface area contributed by atoms with E-state index in [-0.39, 0.29) is 25.9 Å². The molecule has 1 aliphatic heterocycles. The van der Waals surface area contributed by atoms with E-state index in [4.69, 9.17) is 6.11 Å². The zero-order chi connectivity index (χ0) is 14.9. The van der Waals surface area contributed by atoms with Crippen molar-refractivity contribution in [3.8, 4) is 0 Å². The third kappa shape index (κ3) is 5.65. The molecule has 18 heavy (non-hydrogen) atoms. The van der Waals surface area contributed by atoms with E-state index >= 15 is 0 Å². The number of rotatable bonds is 3. The summed E-state index contributed by atoms with van der Waals surface area (Å²) in [7, 11) is 0. The minimum atomic E-state index is -0.857. The van der Waals surface area contributed by atoms with Crippen LogP contribution in [0.15, 0.2) is 0 Å². The van der Waals surface area contributed by atoms with Crippen molar-refractivity contribution >= 4 is 17.9 Å². The SMILES string of the molecule is CCOC(=O)C1(C)COC(=O)OC1.[3H]CC(=O)CC. The number of hydrogen-bond acceptors (Lipinski definition) is 6. The molecular weight excluding hydrogens is 240 g/mol. The number of ketones is 1. The smallest absolute Gasteiger partial charge is 0.465 e. The number of carbonyl (C=O) groups excluding carboxylic acids is 3. The number of hydrogen-bond donors (Lipinski definition) is 0. The van der Waals surface area contributed by atoms with Crippen LogP contribution in [0.1, 0.15) is 35.5 Å². The third-order valence-electron chi connectivity index (χ3n) is 2.18. The van der Waals surface area contributed by atoms with Gasteiger partial charge in [0.05, 0.1) is 6.61 Å². The fraction of sp³-hybridized carbons (Fsp3) is 0.750. The van der Waals surface area contributed by atoms with Crippen molar-refractivity contribution in [2.24, 2.45) is 5.41 Å². The molecule has 0 amide bonds. The van der Waals surface area contributed by atoms with Crippen molar-refractivity contribution in [3.05, 3.63) is 0 Å². The molecule has 0 bridgehead atoms. The monoisotopic (exact) mass is 262 g/mol. The van der Waals surface area contributed by atoms with Crippen LogP contribution < -0.4 is 0 Å². The zero-order valence-corrected chi connectivity index (χ0v) is 11.0. The summed E-state index contributed by atoms with van der Waals surface area (Å²) in [6.07, 6.45) is -0.231. The highest BCUT2D eigenvalue weighted by Gasteiger charge is 2.41. The van der Waals surface area contributed by atoms with Crippen LogP contribution in [0, 0.1) is 5.41 Å². The van der Waals surface area contributed by atoms with Gasteiger partial charge in [0.2, 0.25) is 0 Å². The van der Waals surface area contributed by atoms with Gasteiger partial charge in [0.15, 0.2) is 0 Å². The van der Waals surface area contributed by atoms with E-state index in [1.54, 1.807) is 20.8 Å². The Balaban J connectivity index is 0.000000459. The summed E-state index contributed by atoms with van der Waals surface area (Å²) < 4.78 is 20.5. The van der Waals surface area contributed by atoms with Gasteiger partial charge < -0.3 is 19.0 Å². The molecule has 1 heterocycles. The topological polar surface area (TPSA) is 78.9 Å². The molecule has 0 aliphatic carbocycles. The second-order valence-electron chi connectivity index (χ2n) is 4.00. The maximum Gasteiger partial charge on any atom is 0.508 e. The summed E-state index contributed by atoms with van der Waals surface area (Å²) in [5.41, 5.74) is -0.857. The molecule has 1 fully saturated rings. The average Bonchev–Trinajstić information content (AvgIpc) is 2.42. The fourth-order valence-corrected chi connectivity index (χ4v) is 0.943. The van der Waals surface area contributed by atoms with Crippen molar-refractivity contribution in [1.82, 2.24) is 0 Å². The molecule has 0 atom stereocenters. The molecule has 0 aromatic rings. The Morgan fingerprint density at radius 3 is 2.28 bits per heavy atom. The average molecular weight is 262 g/mol. The summed E-state index contributed by atoms with van der Waals surface area (Å²) in [6, 6.07) is 0. The summed E-state index contributed by atoms with van der Waals surface area (Å²) >= 11 is 0. The van der Waals surface area contributed by atoms with Gasteiger partial charge in [0.1, 0.15) is 24.4 Å². The Hall–Kier alpha value is -1.59. The highest BCUT2D eigenvalue weighted by atomic mass is 16.7. The molecule has 0 saturated carbocycles. The molecule has 1 saturated heterocycles. The Labute approximate surface area is 108 Å². The number of esters is 1. The van der Waals surface area contributed by atoms with E-state index in [1.807, 2.05) is 0 Å². The van der Waals surface area contributed by atoms with Crippen LogP contribution in [-0.2, 0) is 23.8 Å². The number of carbonyl (C=O) groups is 3. The zero-order valence-electron chi connectivity index (χ0n) is 12.0. The lowest BCUT2D eigenvalue weighted by Gasteiger charge is -2.29. The number of Topliss-reactive ketones (excluding diaryl/α,β-unsaturated/α-hetero) is 1. The first-order valence-corrected chi connectivity index (χ1v) is 5.67. The Morgan fingerprint density at radius 2 is 1.94 bits per heavy atom. The van der Waals surface area contributed by atoms with Crippen molar-refractivity contribution < 1.29 is 30.0 Å². The lowest BCUT2D eigenvalue weighted by Crippen LogP contribution is -2.44. The van der Waals surface area contributed by atoms with Gasteiger partial charge in [-0.25, -0.2) is 4.79 Å². The van der Waals surface area contributed by atoms with Gasteiger partial charge in [-0.1, -0.05) is 6.92 Å². The van der Waals surface area contributed by atoms with Crippen LogP contribution in [0.5, 0.6) is 0 Å². The highest BCUT2D eigenvalue weighted by Crippen LogP contribution is 2.23. The van der Waals surface area contributed by atoms with E-state index in [2.05, 4.69) is 9.47 Å². The Bertz CT molecular complexity index is 312. The summed E-state index contributed by atoms with van der Waals surface area (Å²) in [5.74, 6) is -0.391. The van der Waals surface area contributed by atoms with Crippen LogP contribution in [0.25, 0.3) is 0 Å². The Kier molecular flexibility index (Phi) is 6.18. The van der Waals surface area contributed by atoms with Crippen molar-refractivity contribution in [2.75, 3.05) is 19.8 Å². The summed E-state index contributed by atoms with van der Waals surface area (Å²) in [6.45, 7) is 5.40. The first kappa shape index (κ1) is 14.5. The van der Waals surface area contributed by atoms with Crippen LogP contribution >= 0.6 is 0 Å². The first-order valence-electron chi connectivity index (χ1n) is 6.38. The van der Waals surface area contributed by atoms with E-state index in [0.717, 1.165) is 0 Å². The van der Waals surface area contributed by atoms with Gasteiger partial charge in [-0.3, -0.25) is 4.79 Å². The molecule has 1 rings (SSSR count). The second kappa shape index (κ2) is 7.68. The molecule has 6 nitrogen and oxygen atoms in total. The summed E-state index contributed by atoms with van der Waals surface area (Å²) in [5, 5.41) is 0. The van der Waals surface area contributed by atoms with E-state index in [1.165, 1.54) is 0 Å². The first-order chi connectivity index (χ1) is 8.89. The summed E-state index contributed by atoms with van der Waals surface area (Å²) in [4.78, 5) is 31.9. The van der Waals surface area contributed by atoms with Crippen LogP contribution in [-0.4, -0.2) is 37.7 Å². The predicted octanol–water partition coefficient (Wildman–Crippen LogP) is 1.71. The van der Waals surface area contributed by atoms with Gasteiger partial charge in [-0.05, 0) is 20.7 Å². The lowest BCUT2D eigenvalue weighted by molar-refractivity contribution is -0.165. The molecule has 104 valence electrons. The van der Waals surface area contributed by atoms with Crippen LogP contribution in [0.3, 0.4) is 0 Å². The van der Waals surface area contributed by atoms with Crippen molar-refractivity contribution in [3.63, 3.8) is 0 Å². The van der Waals surface area contributed by atoms with Gasteiger partial charge in [0.25, 0.3) is 0 Å². The molecule has 0 N–H and O–H groups in total. The molecule has 0 aromatic heterocycles. The standard InChI is InChI=1S/C8H12O5.C4H8O/c1-3-11-6(9)8(2)4-12-7(10)13-5-8;1-3-4(2)5/h3-5H2,1-2H3;3H2,1-2H3/i;2T. The fourth-order valence-electron chi connectivity index (χ4n) is 0.943. The molecular formula is C12H20O6. The van der Waals surface area contributed by atoms with E-state index in [9.17, 15) is 14.4 Å². The Morgan fingerprint density at radius 1 is 1.39 bits per heavy atom. The molecule has 6 heteroatoms. The maximum atomic E-state index is 11.3. The molecule has 0 unspecified atom stereocenters. The molecule has 0 aromatic carbocycles. The van der Waals surface area contributed by atoms with Crippen LogP contribution in [0.4, 0.5) is 4.79 Å². The minimum Gasteiger partial charge on any atom is -0.465 e. The van der Waals surface area contributed by atoms with Crippen LogP contribution in [0.2, 0.25) is 0 Å². The second-order valence-corrected chi connectivity index (χ2v) is 4.00. The van der Waals surface area contributed by atoms with Gasteiger partial charge >= 0.3 is 12.1 Å². The normalized spacial score (nSPS) is 17.3. The largest absolute Gasteiger partial charge is 0.508 e. The van der Waals surface area contributed by atoms with E-state index < -0.39 is 17.5 Å². The van der Waals surface area contributed by atoms with E-state index in [0.29, 0.717) is 13.0 Å². The van der Waals surface area contributed by atoms with Gasteiger partial charge in [-0.15, -0.1) is 0 Å². The quantitative estimate of drug-likeness (QED) is 0.720. The maximum absolute atomic E-state index is 11.3. The molecule has 1 aliphatic rings. The highest BCUT2D eigenvalue weighted by molar-refractivity contribution is 5.78. The molecule has 0 spiro atoms. The van der Waals surface area contributed by atoms with Crippen molar-refractivity contribution in [1.29, 1.82) is 0 Å². The van der Waals surface area contributed by atoms with Gasteiger partial charge in [-0.2, -0.15) is 0 Å². The number of ether oxygens (including phenoxy) is 3. The van der Waals surface area contributed by atoms with Crippen molar-refractivity contribution in [2.45, 2.75) is 34.1 Å². The van der Waals surface area contributed by atoms with Gasteiger partial charge in [0, 0.05) is 7.79 Å². The number of cyclic esters (lactones) is 2. The minimum absolute atomic E-state index is 0.00926. The third-order valence-corrected chi connectivity index (χ3v) is 2.18.